The molecule has 0 saturated heterocycles. The first-order valence-corrected chi connectivity index (χ1v) is 7.45. The van der Waals surface area contributed by atoms with Gasteiger partial charge in [-0.2, -0.15) is 0 Å². The van der Waals surface area contributed by atoms with Gasteiger partial charge in [-0.3, -0.25) is 0 Å². The molecule has 0 aliphatic heterocycles. The summed E-state index contributed by atoms with van der Waals surface area (Å²) in [5.74, 6) is 0. The molecule has 0 aliphatic rings. The van der Waals surface area contributed by atoms with E-state index in [0.29, 0.717) is 6.04 Å². The lowest BCUT2D eigenvalue weighted by Gasteiger charge is -2.21. The van der Waals surface area contributed by atoms with Crippen LogP contribution in [0.5, 0.6) is 0 Å². The molecule has 0 bridgehead atoms. The molecular weight excluding hydrogens is 242 g/mol. The fraction of sp³-hybridized carbons (Fsp3) is 0.368. The van der Waals surface area contributed by atoms with E-state index in [1.807, 2.05) is 0 Å². The molecule has 1 unspecified atom stereocenters. The van der Waals surface area contributed by atoms with Gasteiger partial charge in [-0.05, 0) is 68.0 Å². The third-order valence-electron chi connectivity index (χ3n) is 4.12. The normalized spacial score (nSPS) is 12.2. The van der Waals surface area contributed by atoms with Crippen LogP contribution < -0.4 is 5.32 Å². The Kier molecular flexibility index (Phi) is 4.49. The molecule has 1 N–H and O–H groups in total. The van der Waals surface area contributed by atoms with Crippen molar-refractivity contribution < 1.29 is 0 Å². The Morgan fingerprint density at radius 3 is 2.30 bits per heavy atom. The Bertz CT molecular complexity index is 599. The molecule has 0 aromatic heterocycles. The van der Waals surface area contributed by atoms with Crippen LogP contribution in [0.15, 0.2) is 36.4 Å². The van der Waals surface area contributed by atoms with Gasteiger partial charge in [-0.15, -0.1) is 0 Å². The van der Waals surface area contributed by atoms with Gasteiger partial charge >= 0.3 is 0 Å². The zero-order valence-corrected chi connectivity index (χ0v) is 13.2. The number of nitrogens with one attached hydrogen (secondary N) is 1. The number of para-hydroxylation sites is 1. The van der Waals surface area contributed by atoms with E-state index >= 15 is 0 Å². The van der Waals surface area contributed by atoms with Crippen LogP contribution in [-0.4, -0.2) is 0 Å². The van der Waals surface area contributed by atoms with Crippen molar-refractivity contribution in [1.29, 1.82) is 0 Å². The van der Waals surface area contributed by atoms with Gasteiger partial charge < -0.3 is 5.32 Å². The molecular formula is C19H25N. The summed E-state index contributed by atoms with van der Waals surface area (Å²) in [5.41, 5.74) is 8.11. The van der Waals surface area contributed by atoms with E-state index in [1.54, 1.807) is 0 Å². The zero-order chi connectivity index (χ0) is 14.7. The van der Waals surface area contributed by atoms with Crippen molar-refractivity contribution in [3.05, 3.63) is 64.2 Å². The average molecular weight is 267 g/mol. The van der Waals surface area contributed by atoms with Crippen LogP contribution in [-0.2, 0) is 6.42 Å². The molecule has 1 heteroatoms. The molecule has 106 valence electrons. The summed E-state index contributed by atoms with van der Waals surface area (Å²) < 4.78 is 0. The van der Waals surface area contributed by atoms with Crippen LogP contribution in [0.1, 0.15) is 47.7 Å². The summed E-state index contributed by atoms with van der Waals surface area (Å²) >= 11 is 0. The van der Waals surface area contributed by atoms with Gasteiger partial charge in [-0.1, -0.05) is 37.3 Å². The highest BCUT2D eigenvalue weighted by Gasteiger charge is 2.11. The first-order chi connectivity index (χ1) is 9.52. The lowest BCUT2D eigenvalue weighted by Crippen LogP contribution is -2.10. The topological polar surface area (TPSA) is 12.0 Å². The van der Waals surface area contributed by atoms with E-state index in [4.69, 9.17) is 0 Å². The monoisotopic (exact) mass is 267 g/mol. The molecule has 0 heterocycles. The molecule has 20 heavy (non-hydrogen) atoms. The molecule has 0 fully saturated rings. The molecule has 0 amide bonds. The molecule has 0 radical (unpaired) electrons. The number of benzene rings is 2. The maximum atomic E-state index is 3.67. The molecule has 0 aliphatic carbocycles. The second-order valence-corrected chi connectivity index (χ2v) is 5.67. The van der Waals surface area contributed by atoms with E-state index < -0.39 is 0 Å². The van der Waals surface area contributed by atoms with Crippen molar-refractivity contribution in [1.82, 2.24) is 0 Å². The molecule has 2 aromatic rings. The smallest absolute Gasteiger partial charge is 0.0488 e. The molecule has 2 aromatic carbocycles. The number of hydrogen-bond donors (Lipinski definition) is 1. The first kappa shape index (κ1) is 14.6. The van der Waals surface area contributed by atoms with E-state index in [-0.39, 0.29) is 0 Å². The molecule has 0 spiro atoms. The quantitative estimate of drug-likeness (QED) is 0.787. The van der Waals surface area contributed by atoms with Crippen molar-refractivity contribution >= 4 is 5.69 Å². The second-order valence-electron chi connectivity index (χ2n) is 5.67. The fourth-order valence-corrected chi connectivity index (χ4v) is 2.73. The van der Waals surface area contributed by atoms with Gasteiger partial charge in [0, 0.05) is 11.7 Å². The summed E-state index contributed by atoms with van der Waals surface area (Å²) in [6.45, 7) is 11.0. The molecule has 1 nitrogen and oxygen atoms in total. The second kappa shape index (κ2) is 6.13. The Labute approximate surface area is 123 Å². The summed E-state index contributed by atoms with van der Waals surface area (Å²) in [5, 5.41) is 3.67. The minimum absolute atomic E-state index is 0.321. The van der Waals surface area contributed by atoms with E-state index in [9.17, 15) is 0 Å². The third kappa shape index (κ3) is 3.04. The predicted molar refractivity (Wildman–Crippen MR) is 88.5 cm³/mol. The Hall–Kier alpha value is -1.76. The standard InChI is InChI=1S/C19H25N/c1-6-17-9-7-8-10-19(17)20-16(5)18-12-14(3)13(2)11-15(18)4/h7-12,16,20H,6H2,1-5H3. The Balaban J connectivity index is 2.28. The highest BCUT2D eigenvalue weighted by Crippen LogP contribution is 2.26. The average Bonchev–Trinajstić information content (AvgIpc) is 2.43. The fourth-order valence-electron chi connectivity index (χ4n) is 2.73. The number of rotatable bonds is 4. The summed E-state index contributed by atoms with van der Waals surface area (Å²) in [6, 6.07) is 13.5. The van der Waals surface area contributed by atoms with E-state index in [1.165, 1.54) is 33.5 Å². The maximum Gasteiger partial charge on any atom is 0.0488 e. The minimum atomic E-state index is 0.321. The van der Waals surface area contributed by atoms with Gasteiger partial charge in [0.2, 0.25) is 0 Å². The number of aryl methyl sites for hydroxylation is 4. The first-order valence-electron chi connectivity index (χ1n) is 7.45. The number of hydrogen-bond acceptors (Lipinski definition) is 1. The van der Waals surface area contributed by atoms with Crippen molar-refractivity contribution in [2.24, 2.45) is 0 Å². The molecule has 1 atom stereocenters. The molecule has 0 saturated carbocycles. The lowest BCUT2D eigenvalue weighted by molar-refractivity contribution is 0.866. The van der Waals surface area contributed by atoms with Gasteiger partial charge in [0.15, 0.2) is 0 Å². The highest BCUT2D eigenvalue weighted by atomic mass is 14.9. The van der Waals surface area contributed by atoms with Gasteiger partial charge in [-0.25, -0.2) is 0 Å². The van der Waals surface area contributed by atoms with Gasteiger partial charge in [0.25, 0.3) is 0 Å². The minimum Gasteiger partial charge on any atom is -0.378 e. The third-order valence-corrected chi connectivity index (χ3v) is 4.12. The maximum absolute atomic E-state index is 3.67. The lowest BCUT2D eigenvalue weighted by atomic mass is 9.96. The largest absolute Gasteiger partial charge is 0.378 e. The summed E-state index contributed by atoms with van der Waals surface area (Å²) in [6.07, 6.45) is 1.06. The molecule has 2 rings (SSSR count). The SMILES string of the molecule is CCc1ccccc1NC(C)c1cc(C)c(C)cc1C. The van der Waals surface area contributed by atoms with Gasteiger partial charge in [0.05, 0.1) is 0 Å². The van der Waals surface area contributed by atoms with Crippen LogP contribution in [0.25, 0.3) is 0 Å². The summed E-state index contributed by atoms with van der Waals surface area (Å²) in [7, 11) is 0. The van der Waals surface area contributed by atoms with Crippen LogP contribution in [0.4, 0.5) is 5.69 Å². The number of anilines is 1. The highest BCUT2D eigenvalue weighted by molar-refractivity contribution is 5.53. The predicted octanol–water partition coefficient (Wildman–Crippen LogP) is 5.35. The van der Waals surface area contributed by atoms with Crippen LogP contribution in [0.2, 0.25) is 0 Å². The van der Waals surface area contributed by atoms with Crippen LogP contribution in [0.3, 0.4) is 0 Å². The Morgan fingerprint density at radius 2 is 1.60 bits per heavy atom. The summed E-state index contributed by atoms with van der Waals surface area (Å²) in [4.78, 5) is 0. The van der Waals surface area contributed by atoms with Crippen molar-refractivity contribution in [2.75, 3.05) is 5.32 Å². The van der Waals surface area contributed by atoms with Crippen molar-refractivity contribution in [3.8, 4) is 0 Å². The van der Waals surface area contributed by atoms with E-state index in [0.717, 1.165) is 6.42 Å². The zero-order valence-electron chi connectivity index (χ0n) is 13.2. The Morgan fingerprint density at radius 1 is 0.950 bits per heavy atom. The van der Waals surface area contributed by atoms with Crippen molar-refractivity contribution in [3.63, 3.8) is 0 Å². The van der Waals surface area contributed by atoms with Crippen molar-refractivity contribution in [2.45, 2.75) is 47.1 Å². The van der Waals surface area contributed by atoms with Crippen LogP contribution in [0, 0.1) is 20.8 Å². The van der Waals surface area contributed by atoms with Gasteiger partial charge in [0.1, 0.15) is 0 Å². The van der Waals surface area contributed by atoms with Crippen LogP contribution >= 0.6 is 0 Å². The van der Waals surface area contributed by atoms with E-state index in [2.05, 4.69) is 76.3 Å².